The number of rotatable bonds is 5. The lowest BCUT2D eigenvalue weighted by molar-refractivity contribution is -0.117. The molecule has 0 spiro atoms. The third-order valence-electron chi connectivity index (χ3n) is 3.61. The van der Waals surface area contributed by atoms with Crippen LogP contribution in [0.1, 0.15) is 25.8 Å². The van der Waals surface area contributed by atoms with Crippen LogP contribution >= 0.6 is 11.8 Å². The highest BCUT2D eigenvalue weighted by molar-refractivity contribution is 7.99. The number of carbonyl (C=O) groups excluding carboxylic acids is 2. The number of amides is 3. The van der Waals surface area contributed by atoms with Gasteiger partial charge in [0, 0.05) is 12.6 Å². The molecule has 1 saturated carbocycles. The van der Waals surface area contributed by atoms with Crippen LogP contribution in [0.2, 0.25) is 0 Å². The Kier molecular flexibility index (Phi) is 4.84. The lowest BCUT2D eigenvalue weighted by atomic mass is 10.2. The van der Waals surface area contributed by atoms with Crippen molar-refractivity contribution in [1.82, 2.24) is 20.2 Å². The van der Waals surface area contributed by atoms with Gasteiger partial charge in [0.05, 0.1) is 16.7 Å². The van der Waals surface area contributed by atoms with Crippen molar-refractivity contribution in [3.63, 3.8) is 0 Å². The van der Waals surface area contributed by atoms with Gasteiger partial charge in [-0.05, 0) is 31.9 Å². The van der Waals surface area contributed by atoms with Gasteiger partial charge in [0.15, 0.2) is 5.16 Å². The Labute approximate surface area is 142 Å². The lowest BCUT2D eigenvalue weighted by Gasteiger charge is -2.12. The minimum atomic E-state index is -0.519. The summed E-state index contributed by atoms with van der Waals surface area (Å²) < 4.78 is 1.67. The number of thioether (sulfide) groups is 1. The molecule has 126 valence electrons. The molecule has 0 atom stereocenters. The number of benzene rings is 1. The minimum absolute atomic E-state index is 0.0225. The summed E-state index contributed by atoms with van der Waals surface area (Å²) in [6.07, 6.45) is 1.89. The highest BCUT2D eigenvalue weighted by atomic mass is 32.2. The molecular weight excluding hydrogens is 328 g/mol. The summed E-state index contributed by atoms with van der Waals surface area (Å²) in [5.41, 5.74) is 0.542. The van der Waals surface area contributed by atoms with E-state index in [0.717, 1.165) is 12.8 Å². The molecule has 2 aromatic rings. The van der Waals surface area contributed by atoms with E-state index in [2.05, 4.69) is 15.6 Å². The molecule has 0 unspecified atom stereocenters. The molecule has 2 N–H and O–H groups in total. The second-order valence-electron chi connectivity index (χ2n) is 5.51. The molecule has 0 saturated heterocycles. The molecule has 3 rings (SSSR count). The van der Waals surface area contributed by atoms with Crippen LogP contribution < -0.4 is 16.2 Å². The first-order valence-corrected chi connectivity index (χ1v) is 8.80. The summed E-state index contributed by atoms with van der Waals surface area (Å²) in [6.45, 7) is 2.21. The topological polar surface area (TPSA) is 93.1 Å². The first kappa shape index (κ1) is 16.5. The van der Waals surface area contributed by atoms with Crippen molar-refractivity contribution in [2.24, 2.45) is 0 Å². The second kappa shape index (κ2) is 7.04. The maximum Gasteiger partial charge on any atom is 0.321 e. The number of para-hydroxylation sites is 1. The zero-order valence-corrected chi connectivity index (χ0v) is 14.1. The molecule has 0 bridgehead atoms. The average molecular weight is 346 g/mol. The number of fused-ring (bicyclic) bond motifs is 1. The van der Waals surface area contributed by atoms with E-state index in [4.69, 9.17) is 0 Å². The number of carbonyl (C=O) groups is 2. The normalized spacial score (nSPS) is 13.7. The Morgan fingerprint density at radius 3 is 2.79 bits per heavy atom. The Bertz CT molecular complexity index is 845. The van der Waals surface area contributed by atoms with Crippen LogP contribution in [0, 0.1) is 0 Å². The van der Waals surface area contributed by atoms with E-state index >= 15 is 0 Å². The van der Waals surface area contributed by atoms with Crippen LogP contribution in [0.5, 0.6) is 0 Å². The van der Waals surface area contributed by atoms with Gasteiger partial charge in [0.25, 0.3) is 5.56 Å². The largest absolute Gasteiger partial charge is 0.338 e. The van der Waals surface area contributed by atoms with Crippen molar-refractivity contribution in [1.29, 1.82) is 0 Å². The summed E-state index contributed by atoms with van der Waals surface area (Å²) in [5.74, 6) is -0.398. The molecule has 1 heterocycles. The van der Waals surface area contributed by atoms with Gasteiger partial charge in [0.1, 0.15) is 0 Å². The predicted molar refractivity (Wildman–Crippen MR) is 92.2 cm³/mol. The fourth-order valence-corrected chi connectivity index (χ4v) is 3.25. The Hall–Kier alpha value is -2.35. The molecule has 3 amide bonds. The molecular formula is C16H18N4O3S. The van der Waals surface area contributed by atoms with Crippen molar-refractivity contribution < 1.29 is 9.59 Å². The van der Waals surface area contributed by atoms with E-state index in [0.29, 0.717) is 22.6 Å². The van der Waals surface area contributed by atoms with E-state index in [1.165, 1.54) is 11.8 Å². The zero-order valence-electron chi connectivity index (χ0n) is 13.2. The number of hydrogen-bond donors (Lipinski definition) is 2. The Morgan fingerprint density at radius 2 is 2.08 bits per heavy atom. The molecule has 0 aliphatic heterocycles. The van der Waals surface area contributed by atoms with Crippen LogP contribution in [0.25, 0.3) is 10.9 Å². The number of hydrogen-bond acceptors (Lipinski definition) is 5. The van der Waals surface area contributed by atoms with Crippen LogP contribution in [0.3, 0.4) is 0 Å². The number of nitrogens with one attached hydrogen (secondary N) is 2. The zero-order chi connectivity index (χ0) is 17.1. The summed E-state index contributed by atoms with van der Waals surface area (Å²) in [5, 5.41) is 5.84. The first-order chi connectivity index (χ1) is 11.6. The van der Waals surface area contributed by atoms with Gasteiger partial charge in [-0.3, -0.25) is 19.5 Å². The third-order valence-corrected chi connectivity index (χ3v) is 4.56. The van der Waals surface area contributed by atoms with Crippen molar-refractivity contribution in [2.45, 2.75) is 31.0 Å². The first-order valence-electron chi connectivity index (χ1n) is 7.82. The monoisotopic (exact) mass is 346 g/mol. The van der Waals surface area contributed by atoms with Crippen molar-refractivity contribution >= 4 is 34.6 Å². The number of nitrogens with zero attached hydrogens (tertiary/aromatic N) is 2. The van der Waals surface area contributed by atoms with E-state index in [-0.39, 0.29) is 17.4 Å². The standard InChI is InChI=1S/C16H18N4O3S/c1-2-17-15(23)19-13(21)9-24-16-18-12-6-4-3-5-11(12)14(22)20(16)10-7-8-10/h3-6,10H,2,7-9H2,1H3,(H2,17,19,21,23). The van der Waals surface area contributed by atoms with E-state index < -0.39 is 11.9 Å². The van der Waals surface area contributed by atoms with Crippen molar-refractivity contribution in [2.75, 3.05) is 12.3 Å². The van der Waals surface area contributed by atoms with Gasteiger partial charge in [0.2, 0.25) is 5.91 Å². The smallest absolute Gasteiger partial charge is 0.321 e. The summed E-state index contributed by atoms with van der Waals surface area (Å²) in [6, 6.07) is 6.83. The SMILES string of the molecule is CCNC(=O)NC(=O)CSc1nc2ccccc2c(=O)n1C1CC1. The van der Waals surface area contributed by atoms with Gasteiger partial charge in [-0.1, -0.05) is 23.9 Å². The van der Waals surface area contributed by atoms with Crippen LogP contribution in [-0.2, 0) is 4.79 Å². The molecule has 7 nitrogen and oxygen atoms in total. The van der Waals surface area contributed by atoms with Gasteiger partial charge in [-0.2, -0.15) is 0 Å². The molecule has 24 heavy (non-hydrogen) atoms. The maximum atomic E-state index is 12.7. The lowest BCUT2D eigenvalue weighted by Crippen LogP contribution is -2.40. The summed E-state index contributed by atoms with van der Waals surface area (Å²) in [4.78, 5) is 40.4. The molecule has 1 aliphatic rings. The molecule has 0 radical (unpaired) electrons. The van der Waals surface area contributed by atoms with E-state index in [1.807, 2.05) is 12.1 Å². The maximum absolute atomic E-state index is 12.7. The van der Waals surface area contributed by atoms with E-state index in [1.54, 1.807) is 23.6 Å². The highest BCUT2D eigenvalue weighted by Crippen LogP contribution is 2.36. The average Bonchev–Trinajstić information content (AvgIpc) is 3.38. The van der Waals surface area contributed by atoms with Crippen LogP contribution in [0.4, 0.5) is 4.79 Å². The van der Waals surface area contributed by atoms with Crippen LogP contribution in [0.15, 0.2) is 34.2 Å². The van der Waals surface area contributed by atoms with E-state index in [9.17, 15) is 14.4 Å². The Balaban J connectivity index is 1.81. The van der Waals surface area contributed by atoms with Gasteiger partial charge >= 0.3 is 6.03 Å². The fourth-order valence-electron chi connectivity index (χ4n) is 2.38. The molecule has 1 aromatic heterocycles. The van der Waals surface area contributed by atoms with Crippen LogP contribution in [-0.4, -0.2) is 33.8 Å². The van der Waals surface area contributed by atoms with Gasteiger partial charge in [-0.15, -0.1) is 0 Å². The number of imide groups is 1. The third kappa shape index (κ3) is 3.59. The quantitative estimate of drug-likeness (QED) is 0.634. The molecule has 1 aromatic carbocycles. The molecule has 8 heteroatoms. The van der Waals surface area contributed by atoms with Gasteiger partial charge in [-0.25, -0.2) is 9.78 Å². The van der Waals surface area contributed by atoms with Gasteiger partial charge < -0.3 is 5.32 Å². The van der Waals surface area contributed by atoms with Crippen molar-refractivity contribution in [3.05, 3.63) is 34.6 Å². The number of aromatic nitrogens is 2. The second-order valence-corrected chi connectivity index (χ2v) is 6.46. The highest BCUT2D eigenvalue weighted by Gasteiger charge is 2.28. The molecule has 1 fully saturated rings. The molecule has 1 aliphatic carbocycles. The minimum Gasteiger partial charge on any atom is -0.338 e. The Morgan fingerprint density at radius 1 is 1.33 bits per heavy atom. The predicted octanol–water partition coefficient (Wildman–Crippen LogP) is 1.67. The van der Waals surface area contributed by atoms with Crippen molar-refractivity contribution in [3.8, 4) is 0 Å². The summed E-state index contributed by atoms with van der Waals surface area (Å²) >= 11 is 1.17. The number of urea groups is 1. The fraction of sp³-hybridized carbons (Fsp3) is 0.375. The summed E-state index contributed by atoms with van der Waals surface area (Å²) in [7, 11) is 0.